The van der Waals surface area contributed by atoms with Gasteiger partial charge in [-0.1, -0.05) is 29.8 Å². The third-order valence-electron chi connectivity index (χ3n) is 7.42. The molecule has 0 radical (unpaired) electrons. The number of nitrogens with zero attached hydrogens (tertiary/aromatic N) is 5. The predicted molar refractivity (Wildman–Crippen MR) is 133 cm³/mol. The highest BCUT2D eigenvalue weighted by molar-refractivity contribution is 6.34. The maximum atomic E-state index is 16.1. The van der Waals surface area contributed by atoms with Crippen molar-refractivity contribution in [3.05, 3.63) is 41.2 Å². The lowest BCUT2D eigenvalue weighted by atomic mass is 10.0. The van der Waals surface area contributed by atoms with E-state index in [0.29, 0.717) is 35.0 Å². The minimum atomic E-state index is -0.531. The van der Waals surface area contributed by atoms with E-state index in [2.05, 4.69) is 34.1 Å². The van der Waals surface area contributed by atoms with E-state index in [9.17, 15) is 5.11 Å². The topological polar surface area (TPSA) is 67.8 Å². The number of aromatic hydroxyl groups is 1. The second-order valence-corrected chi connectivity index (χ2v) is 10.3. The number of piperazine rings is 1. The second-order valence-electron chi connectivity index (χ2n) is 9.87. The molecule has 4 heterocycles. The van der Waals surface area contributed by atoms with Crippen molar-refractivity contribution in [1.82, 2.24) is 20.2 Å². The summed E-state index contributed by atoms with van der Waals surface area (Å²) in [6, 6.07) is 9.65. The Bertz CT molecular complexity index is 1250. The molecule has 7 nitrogen and oxygen atoms in total. The van der Waals surface area contributed by atoms with Crippen molar-refractivity contribution < 1.29 is 9.50 Å². The van der Waals surface area contributed by atoms with Crippen LogP contribution in [0.25, 0.3) is 22.0 Å². The molecule has 3 aromatic rings. The number of benzene rings is 2. The number of aromatic nitrogens is 2. The fraction of sp³-hybridized carbons (Fsp3) is 0.440. The molecule has 0 spiro atoms. The zero-order valence-corrected chi connectivity index (χ0v) is 20.1. The second kappa shape index (κ2) is 8.22. The number of rotatable bonds is 4. The first kappa shape index (κ1) is 21.8. The normalized spacial score (nSPS) is 22.6. The fourth-order valence-corrected chi connectivity index (χ4v) is 5.69. The lowest BCUT2D eigenvalue weighted by Gasteiger charge is -2.43. The van der Waals surface area contributed by atoms with Gasteiger partial charge < -0.3 is 25.1 Å². The number of phenols is 1. The molecule has 3 saturated heterocycles. The van der Waals surface area contributed by atoms with Crippen molar-refractivity contribution in [3.8, 4) is 16.9 Å². The molecular formula is C25H28ClFN6O. The first-order chi connectivity index (χ1) is 16.4. The van der Waals surface area contributed by atoms with Crippen molar-refractivity contribution in [2.45, 2.75) is 31.0 Å². The average Bonchev–Trinajstić information content (AvgIpc) is 3.11. The monoisotopic (exact) mass is 482 g/mol. The van der Waals surface area contributed by atoms with Crippen LogP contribution in [0.1, 0.15) is 12.8 Å². The predicted octanol–water partition coefficient (Wildman–Crippen LogP) is 3.49. The van der Waals surface area contributed by atoms with Crippen LogP contribution in [0.5, 0.6) is 5.75 Å². The first-order valence-corrected chi connectivity index (χ1v) is 12.2. The van der Waals surface area contributed by atoms with E-state index in [-0.39, 0.29) is 21.9 Å². The van der Waals surface area contributed by atoms with Gasteiger partial charge in [-0.05, 0) is 39.1 Å². The van der Waals surface area contributed by atoms with Crippen LogP contribution < -0.4 is 15.1 Å². The van der Waals surface area contributed by atoms with Crippen LogP contribution in [0.3, 0.4) is 0 Å². The Morgan fingerprint density at radius 1 is 1.06 bits per heavy atom. The van der Waals surface area contributed by atoms with Gasteiger partial charge >= 0.3 is 0 Å². The summed E-state index contributed by atoms with van der Waals surface area (Å²) in [4.78, 5) is 16.2. The summed E-state index contributed by atoms with van der Waals surface area (Å²) in [5.41, 5.74) is 0.755. The summed E-state index contributed by atoms with van der Waals surface area (Å²) in [6.45, 7) is 3.24. The molecule has 2 unspecified atom stereocenters. The van der Waals surface area contributed by atoms with Gasteiger partial charge in [-0.25, -0.2) is 9.37 Å². The molecule has 178 valence electrons. The summed E-state index contributed by atoms with van der Waals surface area (Å²) in [5, 5.41) is 14.9. The molecule has 1 aromatic heterocycles. The van der Waals surface area contributed by atoms with Crippen molar-refractivity contribution in [2.75, 3.05) is 50.1 Å². The highest BCUT2D eigenvalue weighted by Crippen LogP contribution is 2.42. The Labute approximate surface area is 203 Å². The molecule has 3 aliphatic rings. The van der Waals surface area contributed by atoms with Crippen LogP contribution in [-0.4, -0.2) is 78.4 Å². The number of likely N-dealkylation sites (N-methyl/N-ethyl adjacent to an activating group) is 1. The zero-order valence-electron chi connectivity index (χ0n) is 19.3. The smallest absolute Gasteiger partial charge is 0.228 e. The van der Waals surface area contributed by atoms with Crippen LogP contribution in [0.15, 0.2) is 30.3 Å². The van der Waals surface area contributed by atoms with E-state index >= 15 is 4.39 Å². The lowest BCUT2D eigenvalue weighted by Crippen LogP contribution is -2.58. The van der Waals surface area contributed by atoms with Gasteiger partial charge in [0.1, 0.15) is 17.1 Å². The summed E-state index contributed by atoms with van der Waals surface area (Å²) in [5.74, 6) is 0.719. The van der Waals surface area contributed by atoms with Crippen molar-refractivity contribution in [3.63, 3.8) is 0 Å². The largest absolute Gasteiger partial charge is 0.507 e. The van der Waals surface area contributed by atoms with Crippen molar-refractivity contribution >= 4 is 34.3 Å². The minimum absolute atomic E-state index is 0.0209. The first-order valence-electron chi connectivity index (χ1n) is 11.8. The molecular weight excluding hydrogens is 455 g/mol. The van der Waals surface area contributed by atoms with Crippen LogP contribution in [0, 0.1) is 5.82 Å². The van der Waals surface area contributed by atoms with Gasteiger partial charge in [0.15, 0.2) is 5.82 Å². The van der Waals surface area contributed by atoms with E-state index in [1.165, 1.54) is 6.07 Å². The van der Waals surface area contributed by atoms with Crippen LogP contribution in [-0.2, 0) is 0 Å². The number of fused-ring (bicyclic) bond motifs is 3. The number of hydrogen-bond donors (Lipinski definition) is 2. The Kier molecular flexibility index (Phi) is 5.28. The minimum Gasteiger partial charge on any atom is -0.507 e. The summed E-state index contributed by atoms with van der Waals surface area (Å²) < 4.78 is 16.1. The highest BCUT2D eigenvalue weighted by atomic mass is 35.5. The van der Waals surface area contributed by atoms with E-state index in [0.717, 1.165) is 44.8 Å². The van der Waals surface area contributed by atoms with Crippen molar-refractivity contribution in [2.24, 2.45) is 0 Å². The van der Waals surface area contributed by atoms with E-state index in [1.54, 1.807) is 24.3 Å². The SMILES string of the molecule is CN(C)C1CN(c2nc(N3CC4CCC(C3)N4)c3cc(Cl)c(-c4ccccc4O)c(F)c3n2)C1. The van der Waals surface area contributed by atoms with E-state index in [4.69, 9.17) is 21.6 Å². The molecule has 2 N–H and O–H groups in total. The number of hydrogen-bond acceptors (Lipinski definition) is 7. The van der Waals surface area contributed by atoms with E-state index in [1.807, 2.05) is 0 Å². The van der Waals surface area contributed by atoms with Crippen LogP contribution >= 0.6 is 11.6 Å². The Morgan fingerprint density at radius 3 is 2.44 bits per heavy atom. The van der Waals surface area contributed by atoms with Crippen LogP contribution in [0.4, 0.5) is 16.2 Å². The molecule has 3 aliphatic heterocycles. The average molecular weight is 483 g/mol. The third-order valence-corrected chi connectivity index (χ3v) is 7.71. The van der Waals surface area contributed by atoms with Gasteiger partial charge in [0.2, 0.25) is 5.95 Å². The van der Waals surface area contributed by atoms with Gasteiger partial charge in [0.05, 0.1) is 5.02 Å². The Balaban J connectivity index is 1.51. The Morgan fingerprint density at radius 2 is 1.76 bits per heavy atom. The molecule has 0 aliphatic carbocycles. The van der Waals surface area contributed by atoms with Crippen molar-refractivity contribution in [1.29, 1.82) is 0 Å². The summed E-state index contributed by atoms with van der Waals surface area (Å²) >= 11 is 6.64. The molecule has 2 aromatic carbocycles. The third kappa shape index (κ3) is 3.56. The van der Waals surface area contributed by atoms with Gasteiger partial charge in [0.25, 0.3) is 0 Å². The number of phenolic OH excluding ortho intramolecular Hbond substituents is 1. The fourth-order valence-electron chi connectivity index (χ4n) is 5.40. The molecule has 3 fully saturated rings. The maximum absolute atomic E-state index is 16.1. The molecule has 6 rings (SSSR count). The Hall–Kier alpha value is -2.68. The standard InChI is InChI=1S/C25H28ClFN6O/c1-31(2)16-12-33(13-16)25-29-23-18(24(30-25)32-10-14-7-8-15(11-32)28-14)9-19(26)21(22(23)27)17-5-3-4-6-20(17)34/h3-6,9,14-16,28,34H,7-8,10-13H2,1-2H3. The number of para-hydroxylation sites is 1. The molecule has 9 heteroatoms. The maximum Gasteiger partial charge on any atom is 0.228 e. The van der Waals surface area contributed by atoms with Crippen LogP contribution in [0.2, 0.25) is 5.02 Å². The number of anilines is 2. The highest BCUT2D eigenvalue weighted by Gasteiger charge is 2.36. The number of nitrogens with one attached hydrogen (secondary N) is 1. The van der Waals surface area contributed by atoms with Gasteiger partial charge in [-0.3, -0.25) is 0 Å². The van der Waals surface area contributed by atoms with Gasteiger partial charge in [0, 0.05) is 60.8 Å². The molecule has 0 saturated carbocycles. The lowest BCUT2D eigenvalue weighted by molar-refractivity contribution is 0.245. The zero-order chi connectivity index (χ0) is 23.6. The molecule has 2 atom stereocenters. The summed E-state index contributed by atoms with van der Waals surface area (Å²) in [7, 11) is 4.12. The molecule has 34 heavy (non-hydrogen) atoms. The van der Waals surface area contributed by atoms with E-state index < -0.39 is 5.82 Å². The molecule has 2 bridgehead atoms. The molecule has 0 amide bonds. The van der Waals surface area contributed by atoms with Gasteiger partial charge in [-0.2, -0.15) is 4.98 Å². The summed E-state index contributed by atoms with van der Waals surface area (Å²) in [6.07, 6.45) is 2.28. The number of halogens is 2. The van der Waals surface area contributed by atoms with Gasteiger partial charge in [-0.15, -0.1) is 0 Å². The quantitative estimate of drug-likeness (QED) is 0.590.